The highest BCUT2D eigenvalue weighted by atomic mass is 35.5. The van der Waals surface area contributed by atoms with E-state index in [9.17, 15) is 24.1 Å². The summed E-state index contributed by atoms with van der Waals surface area (Å²) in [5.74, 6) is -0.287. The zero-order valence-electron chi connectivity index (χ0n) is 21.0. The Balaban J connectivity index is 1.83. The number of nitrogens with one attached hydrogen (secondary N) is 1. The highest BCUT2D eigenvalue weighted by molar-refractivity contribution is 7.48. The Morgan fingerprint density at radius 2 is 2.05 bits per heavy atom. The molecule has 1 aromatic carbocycles. The van der Waals surface area contributed by atoms with Crippen LogP contribution in [0.1, 0.15) is 30.2 Å². The van der Waals surface area contributed by atoms with E-state index in [1.807, 2.05) is 0 Å². The summed E-state index contributed by atoms with van der Waals surface area (Å²) in [4.78, 5) is 42.5. The van der Waals surface area contributed by atoms with Crippen molar-refractivity contribution >= 4 is 43.5 Å². The summed E-state index contributed by atoms with van der Waals surface area (Å²) in [6.07, 6.45) is 0.338. The van der Waals surface area contributed by atoms with Crippen molar-refractivity contribution in [1.29, 1.82) is 0 Å². The average Bonchev–Trinajstić information content (AvgIpc) is 3.31. The zero-order valence-corrected chi connectivity index (χ0v) is 23.4. The van der Waals surface area contributed by atoms with Crippen molar-refractivity contribution in [1.82, 2.24) is 9.55 Å². The van der Waals surface area contributed by atoms with Gasteiger partial charge in [0.25, 0.3) is 5.56 Å². The number of rotatable bonds is 13. The van der Waals surface area contributed by atoms with Gasteiger partial charge in [-0.1, -0.05) is 28.4 Å². The van der Waals surface area contributed by atoms with Crippen molar-refractivity contribution in [3.8, 4) is 11.5 Å². The molecule has 0 spiro atoms. The Morgan fingerprint density at radius 1 is 1.31 bits per heavy atom. The Morgan fingerprint density at radius 3 is 2.72 bits per heavy atom. The lowest BCUT2D eigenvalue weighted by atomic mass is 10.2. The molecule has 39 heavy (non-hydrogen) atoms. The maximum Gasteiger partial charge on any atom is 0.474 e. The van der Waals surface area contributed by atoms with E-state index in [1.54, 1.807) is 0 Å². The third kappa shape index (κ3) is 7.48. The minimum absolute atomic E-state index is 0.0281. The van der Waals surface area contributed by atoms with Crippen molar-refractivity contribution in [3.05, 3.63) is 54.3 Å². The molecule has 4 atom stereocenters. The maximum absolute atomic E-state index is 12.7. The zero-order chi connectivity index (χ0) is 28.7. The third-order valence-corrected chi connectivity index (χ3v) is 7.64. The molecular weight excluding hydrogens is 584 g/mol. The van der Waals surface area contributed by atoms with Gasteiger partial charge in [-0.2, -0.15) is 0 Å². The van der Waals surface area contributed by atoms with E-state index in [1.165, 1.54) is 30.9 Å². The fraction of sp³-hybridized carbons (Fsp3) is 0.455. The van der Waals surface area contributed by atoms with E-state index in [0.29, 0.717) is 6.29 Å². The number of aldehydes is 1. The lowest BCUT2D eigenvalue weighted by Crippen LogP contribution is -2.33. The summed E-state index contributed by atoms with van der Waals surface area (Å²) < 4.78 is 40.0. The van der Waals surface area contributed by atoms with Crippen LogP contribution in [0.2, 0.25) is 10.0 Å². The van der Waals surface area contributed by atoms with Gasteiger partial charge in [0.05, 0.1) is 36.6 Å². The van der Waals surface area contributed by atoms with Crippen LogP contribution in [-0.4, -0.2) is 66.8 Å². The molecule has 1 fully saturated rings. The topological polar surface area (TPSA) is 177 Å². The molecule has 1 aliphatic rings. The van der Waals surface area contributed by atoms with Crippen molar-refractivity contribution in [2.24, 2.45) is 5.16 Å². The molecule has 0 saturated carbocycles. The molecule has 2 heterocycles. The first-order chi connectivity index (χ1) is 18.5. The van der Waals surface area contributed by atoms with Gasteiger partial charge in [0.15, 0.2) is 17.6 Å². The van der Waals surface area contributed by atoms with Gasteiger partial charge in [-0.25, -0.2) is 9.36 Å². The van der Waals surface area contributed by atoms with E-state index >= 15 is 0 Å². The predicted octanol–water partition coefficient (Wildman–Crippen LogP) is 2.95. The number of methoxy groups -OCH3 is 1. The highest BCUT2D eigenvalue weighted by Crippen LogP contribution is 2.49. The Labute approximate surface area is 231 Å². The van der Waals surface area contributed by atoms with Gasteiger partial charge in [-0.05, 0) is 6.92 Å². The molecule has 0 amide bonds. The second-order valence-electron chi connectivity index (χ2n) is 8.07. The average molecular weight is 610 g/mol. The number of H-pyrrole nitrogens is 1. The molecule has 1 unspecified atom stereocenters. The van der Waals surface area contributed by atoms with E-state index in [-0.39, 0.29) is 58.7 Å². The fourth-order valence-corrected chi connectivity index (χ4v) is 4.97. The number of aromatic nitrogens is 2. The van der Waals surface area contributed by atoms with Gasteiger partial charge >= 0.3 is 13.5 Å². The number of aryl methyl sites for hydroxylation is 1. The molecule has 3 rings (SSSR count). The number of phenols is 1. The third-order valence-electron chi connectivity index (χ3n) is 5.53. The van der Waals surface area contributed by atoms with Crippen LogP contribution in [0.15, 0.2) is 27.0 Å². The van der Waals surface area contributed by atoms with Crippen LogP contribution in [0.3, 0.4) is 0 Å². The minimum Gasteiger partial charge on any atom is -0.503 e. The minimum atomic E-state index is -4.05. The molecule has 0 bridgehead atoms. The molecular formula is C22H26Cl2N3O11P. The standard InChI is InChI=1S/C22H26Cl2N3O11P/c1-12-10-27(22(31)26-21(12)30)18-8-15(17(37-18)11-36-39(32,34-3)35-6-4-5-28)38-25-9-13-14(23)7-16(33-2)20(29)19(13)24/h5,7,9-10,15,17-18,29H,4,6,8,11H2,1-3H3,(H,26,30,31)/b25-9+/t15-,17-,18-,39?/m1/s1. The number of carbonyl (C=O) groups is 1. The van der Waals surface area contributed by atoms with Crippen LogP contribution >= 0.6 is 31.0 Å². The summed E-state index contributed by atoms with van der Waals surface area (Å²) in [5.41, 5.74) is -0.854. The Hall–Kier alpha value is -2.71. The van der Waals surface area contributed by atoms with Crippen molar-refractivity contribution in [3.63, 3.8) is 0 Å². The monoisotopic (exact) mass is 609 g/mol. The van der Waals surface area contributed by atoms with Gasteiger partial charge in [-0.3, -0.25) is 27.9 Å². The number of ether oxygens (including phenoxy) is 2. The summed E-state index contributed by atoms with van der Waals surface area (Å²) in [6.45, 7) is 0.936. The summed E-state index contributed by atoms with van der Waals surface area (Å²) in [5, 5.41) is 14.0. The number of phosphoric ester groups is 1. The van der Waals surface area contributed by atoms with E-state index in [4.69, 9.17) is 51.1 Å². The molecule has 2 N–H and O–H groups in total. The van der Waals surface area contributed by atoms with Crippen molar-refractivity contribution < 1.29 is 42.3 Å². The lowest BCUT2D eigenvalue weighted by Gasteiger charge is -2.20. The fourth-order valence-electron chi connectivity index (χ4n) is 3.49. The number of phosphoric acid groups is 1. The van der Waals surface area contributed by atoms with Crippen LogP contribution in [0, 0.1) is 6.92 Å². The number of nitrogens with zero attached hydrogens (tertiary/aromatic N) is 2. The summed E-state index contributed by atoms with van der Waals surface area (Å²) >= 11 is 12.4. The lowest BCUT2D eigenvalue weighted by molar-refractivity contribution is -0.108. The number of aromatic hydroxyl groups is 1. The van der Waals surface area contributed by atoms with Crippen LogP contribution in [0.5, 0.6) is 11.5 Å². The first kappa shape index (κ1) is 30.8. The van der Waals surface area contributed by atoms with E-state index in [2.05, 4.69) is 10.1 Å². The van der Waals surface area contributed by atoms with Crippen LogP contribution in [-0.2, 0) is 32.5 Å². The van der Waals surface area contributed by atoms with Crippen LogP contribution in [0.25, 0.3) is 0 Å². The van der Waals surface area contributed by atoms with E-state index in [0.717, 1.165) is 13.3 Å². The quantitative estimate of drug-likeness (QED) is 0.112. The number of hydrogen-bond acceptors (Lipinski definition) is 12. The number of phenolic OH excluding ortho intramolecular Hbond substituents is 1. The molecule has 2 aromatic rings. The van der Waals surface area contributed by atoms with Crippen molar-refractivity contribution in [2.45, 2.75) is 38.2 Å². The largest absolute Gasteiger partial charge is 0.503 e. The molecule has 17 heteroatoms. The van der Waals surface area contributed by atoms with Gasteiger partial charge in [0.1, 0.15) is 18.6 Å². The molecule has 14 nitrogen and oxygen atoms in total. The Bertz CT molecular complexity index is 1380. The molecule has 214 valence electrons. The highest BCUT2D eigenvalue weighted by Gasteiger charge is 2.41. The summed E-state index contributed by atoms with van der Waals surface area (Å²) in [6, 6.07) is 1.34. The smallest absolute Gasteiger partial charge is 0.474 e. The predicted molar refractivity (Wildman–Crippen MR) is 139 cm³/mol. The van der Waals surface area contributed by atoms with E-state index < -0.39 is 37.5 Å². The van der Waals surface area contributed by atoms with Gasteiger partial charge in [0.2, 0.25) is 0 Å². The van der Waals surface area contributed by atoms with Crippen LogP contribution < -0.4 is 16.0 Å². The molecule has 1 aliphatic heterocycles. The summed E-state index contributed by atoms with van der Waals surface area (Å²) in [7, 11) is -1.60. The maximum atomic E-state index is 12.7. The number of hydrogen-bond donors (Lipinski definition) is 2. The molecule has 1 aromatic heterocycles. The van der Waals surface area contributed by atoms with Gasteiger partial charge in [0, 0.05) is 43.3 Å². The number of carbonyl (C=O) groups excluding carboxylic acids is 1. The second kappa shape index (κ2) is 13.6. The first-order valence-electron chi connectivity index (χ1n) is 11.3. The molecule has 0 aliphatic carbocycles. The number of aromatic amines is 1. The van der Waals surface area contributed by atoms with Crippen LogP contribution in [0.4, 0.5) is 0 Å². The number of oxime groups is 1. The number of halogens is 2. The van der Waals surface area contributed by atoms with Crippen molar-refractivity contribution in [2.75, 3.05) is 27.4 Å². The Kier molecular flexibility index (Phi) is 10.7. The number of benzene rings is 1. The second-order valence-corrected chi connectivity index (χ2v) is 10.6. The SMILES string of the molecule is COc1cc(Cl)c(/C=N/O[C@@H]2C[C@H](n3cc(C)c(=O)[nH]c3=O)O[C@@H]2COP(=O)(OC)OCCC=O)c(Cl)c1O. The van der Waals surface area contributed by atoms with Gasteiger partial charge < -0.3 is 24.2 Å². The molecule has 0 radical (unpaired) electrons. The molecule has 1 saturated heterocycles. The van der Waals surface area contributed by atoms with Gasteiger partial charge in [-0.15, -0.1) is 0 Å². The first-order valence-corrected chi connectivity index (χ1v) is 13.5. The normalized spacial score (nSPS) is 20.7.